The highest BCUT2D eigenvalue weighted by atomic mass is 19.1. The maximum atomic E-state index is 13.0. The van der Waals surface area contributed by atoms with Crippen molar-refractivity contribution >= 4 is 17.5 Å². The van der Waals surface area contributed by atoms with Crippen LogP contribution in [0.3, 0.4) is 0 Å². The molecule has 2 amide bonds. The number of hydrogen-bond donors (Lipinski definition) is 1. The van der Waals surface area contributed by atoms with Gasteiger partial charge in [-0.05, 0) is 48.4 Å². The molecule has 0 atom stereocenters. The Kier molecular flexibility index (Phi) is 7.41. The molecule has 30 heavy (non-hydrogen) atoms. The Morgan fingerprint density at radius 2 is 1.77 bits per heavy atom. The van der Waals surface area contributed by atoms with E-state index in [0.717, 1.165) is 0 Å². The number of amides is 2. The zero-order valence-corrected chi connectivity index (χ0v) is 17.4. The molecular formula is C23H28FN3O3. The summed E-state index contributed by atoms with van der Waals surface area (Å²) in [6, 6.07) is 13.0. The Balaban J connectivity index is 1.47. The number of piperazine rings is 1. The minimum absolute atomic E-state index is 0.0274. The van der Waals surface area contributed by atoms with Gasteiger partial charge in [0.25, 0.3) is 5.91 Å². The number of carbonyl (C=O) groups is 2. The van der Waals surface area contributed by atoms with Crippen molar-refractivity contribution in [3.05, 3.63) is 59.9 Å². The molecule has 0 spiro atoms. The first-order chi connectivity index (χ1) is 14.4. The van der Waals surface area contributed by atoms with Crippen LogP contribution >= 0.6 is 0 Å². The predicted octanol–water partition coefficient (Wildman–Crippen LogP) is 3.26. The van der Waals surface area contributed by atoms with Crippen LogP contribution in [0.25, 0.3) is 0 Å². The number of carbonyl (C=O) groups excluding carboxylic acids is 2. The minimum atomic E-state index is -0.342. The van der Waals surface area contributed by atoms with Crippen LogP contribution in [0.4, 0.5) is 10.1 Å². The monoisotopic (exact) mass is 413 g/mol. The molecule has 6 nitrogen and oxygen atoms in total. The molecule has 1 heterocycles. The second-order valence-corrected chi connectivity index (χ2v) is 7.86. The lowest BCUT2D eigenvalue weighted by molar-refractivity contribution is -0.117. The van der Waals surface area contributed by atoms with E-state index in [1.165, 1.54) is 24.3 Å². The highest BCUT2D eigenvalue weighted by molar-refractivity contribution is 5.95. The zero-order chi connectivity index (χ0) is 21.5. The van der Waals surface area contributed by atoms with Crippen molar-refractivity contribution in [3.8, 4) is 5.75 Å². The molecule has 0 aliphatic carbocycles. The molecule has 160 valence electrons. The summed E-state index contributed by atoms with van der Waals surface area (Å²) in [5.41, 5.74) is 1.17. The first-order valence-electron chi connectivity index (χ1n) is 10.2. The molecule has 0 radical (unpaired) electrons. The average Bonchev–Trinajstić information content (AvgIpc) is 2.74. The van der Waals surface area contributed by atoms with Crippen LogP contribution in [0.1, 0.15) is 24.2 Å². The van der Waals surface area contributed by atoms with E-state index in [1.807, 2.05) is 17.0 Å². The van der Waals surface area contributed by atoms with Gasteiger partial charge in [0.05, 0.1) is 13.2 Å². The summed E-state index contributed by atoms with van der Waals surface area (Å²) in [7, 11) is 0. The lowest BCUT2D eigenvalue weighted by Gasteiger charge is -2.34. The van der Waals surface area contributed by atoms with E-state index in [0.29, 0.717) is 55.7 Å². The third-order valence-corrected chi connectivity index (χ3v) is 4.82. The molecule has 1 N–H and O–H groups in total. The summed E-state index contributed by atoms with van der Waals surface area (Å²) in [5, 5.41) is 2.76. The van der Waals surface area contributed by atoms with Gasteiger partial charge in [-0.2, -0.15) is 0 Å². The quantitative estimate of drug-likeness (QED) is 0.757. The zero-order valence-electron chi connectivity index (χ0n) is 17.4. The first-order valence-corrected chi connectivity index (χ1v) is 10.2. The van der Waals surface area contributed by atoms with Gasteiger partial charge in [-0.3, -0.25) is 14.5 Å². The fourth-order valence-electron chi connectivity index (χ4n) is 3.21. The van der Waals surface area contributed by atoms with E-state index >= 15 is 0 Å². The number of rotatable bonds is 7. The number of nitrogens with one attached hydrogen (secondary N) is 1. The highest BCUT2D eigenvalue weighted by Gasteiger charge is 2.23. The number of benzene rings is 2. The van der Waals surface area contributed by atoms with Gasteiger partial charge < -0.3 is 15.0 Å². The summed E-state index contributed by atoms with van der Waals surface area (Å²) < 4.78 is 18.7. The maximum absolute atomic E-state index is 13.0. The molecule has 0 unspecified atom stereocenters. The molecule has 7 heteroatoms. The van der Waals surface area contributed by atoms with Crippen LogP contribution in [-0.4, -0.2) is 60.9 Å². The molecule has 1 aliphatic heterocycles. The molecule has 3 rings (SSSR count). The van der Waals surface area contributed by atoms with Crippen molar-refractivity contribution in [3.63, 3.8) is 0 Å². The van der Waals surface area contributed by atoms with Crippen molar-refractivity contribution in [2.24, 2.45) is 5.92 Å². The molecule has 1 fully saturated rings. The topological polar surface area (TPSA) is 61.9 Å². The number of nitrogens with zero attached hydrogens (tertiary/aromatic N) is 2. The van der Waals surface area contributed by atoms with E-state index < -0.39 is 0 Å². The van der Waals surface area contributed by atoms with Gasteiger partial charge in [-0.15, -0.1) is 0 Å². The second-order valence-electron chi connectivity index (χ2n) is 7.86. The van der Waals surface area contributed by atoms with E-state index in [9.17, 15) is 14.0 Å². The van der Waals surface area contributed by atoms with Crippen LogP contribution in [0.5, 0.6) is 5.75 Å². The molecular weight excluding hydrogens is 385 g/mol. The second kappa shape index (κ2) is 10.2. The van der Waals surface area contributed by atoms with Gasteiger partial charge in [0.15, 0.2) is 0 Å². The summed E-state index contributed by atoms with van der Waals surface area (Å²) >= 11 is 0. The lowest BCUT2D eigenvalue weighted by atomic mass is 10.1. The van der Waals surface area contributed by atoms with Gasteiger partial charge in [0.1, 0.15) is 11.6 Å². The standard InChI is InChI=1S/C23H28FN3O3/c1-17(2)16-30-21-5-3-4-18(14-21)23(29)27-12-10-26(11-13-27)15-22(28)25-20-8-6-19(24)7-9-20/h3-9,14,17H,10-13,15-16H2,1-2H3,(H,25,28). The van der Waals surface area contributed by atoms with Crippen molar-refractivity contribution in [1.82, 2.24) is 9.80 Å². The third-order valence-electron chi connectivity index (χ3n) is 4.82. The van der Waals surface area contributed by atoms with Gasteiger partial charge in [-0.1, -0.05) is 19.9 Å². The normalized spacial score (nSPS) is 14.6. The predicted molar refractivity (Wildman–Crippen MR) is 114 cm³/mol. The molecule has 2 aromatic rings. The fraction of sp³-hybridized carbons (Fsp3) is 0.391. The molecule has 2 aromatic carbocycles. The molecule has 1 saturated heterocycles. The Morgan fingerprint density at radius 3 is 2.43 bits per heavy atom. The van der Waals surface area contributed by atoms with Crippen LogP contribution < -0.4 is 10.1 Å². The Bertz CT molecular complexity index is 862. The van der Waals surface area contributed by atoms with Crippen molar-refractivity contribution in [1.29, 1.82) is 0 Å². The van der Waals surface area contributed by atoms with Gasteiger partial charge in [0.2, 0.25) is 5.91 Å². The van der Waals surface area contributed by atoms with E-state index in [2.05, 4.69) is 19.2 Å². The van der Waals surface area contributed by atoms with E-state index in [1.54, 1.807) is 17.0 Å². The van der Waals surface area contributed by atoms with Gasteiger partial charge >= 0.3 is 0 Å². The number of anilines is 1. The molecule has 0 aromatic heterocycles. The van der Waals surface area contributed by atoms with Crippen molar-refractivity contribution in [2.45, 2.75) is 13.8 Å². The number of ether oxygens (including phenoxy) is 1. The summed E-state index contributed by atoms with van der Waals surface area (Å²) in [6.45, 7) is 7.34. The van der Waals surface area contributed by atoms with Crippen LogP contribution in [0.15, 0.2) is 48.5 Å². The molecule has 0 saturated carbocycles. The number of hydrogen-bond acceptors (Lipinski definition) is 4. The SMILES string of the molecule is CC(C)COc1cccc(C(=O)N2CCN(CC(=O)Nc3ccc(F)cc3)CC2)c1. The Labute approximate surface area is 176 Å². The third kappa shape index (κ3) is 6.29. The van der Waals surface area contributed by atoms with Gasteiger partial charge in [-0.25, -0.2) is 4.39 Å². The van der Waals surface area contributed by atoms with Crippen LogP contribution in [0.2, 0.25) is 0 Å². The van der Waals surface area contributed by atoms with Crippen LogP contribution in [-0.2, 0) is 4.79 Å². The van der Waals surface area contributed by atoms with Crippen LogP contribution in [0, 0.1) is 11.7 Å². The summed E-state index contributed by atoms with van der Waals surface area (Å²) in [5.74, 6) is 0.589. The van der Waals surface area contributed by atoms with Crippen molar-refractivity contribution in [2.75, 3.05) is 44.6 Å². The van der Waals surface area contributed by atoms with Crippen molar-refractivity contribution < 1.29 is 18.7 Å². The Morgan fingerprint density at radius 1 is 1.07 bits per heavy atom. The number of halogens is 1. The summed E-state index contributed by atoms with van der Waals surface area (Å²) in [6.07, 6.45) is 0. The smallest absolute Gasteiger partial charge is 0.254 e. The highest BCUT2D eigenvalue weighted by Crippen LogP contribution is 2.17. The van der Waals surface area contributed by atoms with Gasteiger partial charge in [0, 0.05) is 37.4 Å². The average molecular weight is 413 g/mol. The van der Waals surface area contributed by atoms with E-state index in [-0.39, 0.29) is 24.2 Å². The Hall–Kier alpha value is -2.93. The largest absolute Gasteiger partial charge is 0.493 e. The minimum Gasteiger partial charge on any atom is -0.493 e. The lowest BCUT2D eigenvalue weighted by Crippen LogP contribution is -2.50. The first kappa shape index (κ1) is 21.8. The molecule has 1 aliphatic rings. The fourth-order valence-corrected chi connectivity index (χ4v) is 3.21. The molecule has 0 bridgehead atoms. The maximum Gasteiger partial charge on any atom is 0.254 e. The summed E-state index contributed by atoms with van der Waals surface area (Å²) in [4.78, 5) is 28.8. The van der Waals surface area contributed by atoms with E-state index in [4.69, 9.17) is 4.74 Å².